The summed E-state index contributed by atoms with van der Waals surface area (Å²) in [7, 11) is 2.12. The van der Waals surface area contributed by atoms with E-state index in [2.05, 4.69) is 60.2 Å². The first-order valence-electron chi connectivity index (χ1n) is 11.0. The van der Waals surface area contributed by atoms with Crippen LogP contribution >= 0.6 is 0 Å². The van der Waals surface area contributed by atoms with Gasteiger partial charge in [0, 0.05) is 28.9 Å². The average Bonchev–Trinajstić information content (AvgIpc) is 3.03. The van der Waals surface area contributed by atoms with Crippen LogP contribution in [0.2, 0.25) is 0 Å². The molecule has 0 atom stereocenters. The summed E-state index contributed by atoms with van der Waals surface area (Å²) in [6.07, 6.45) is 2.80. The second-order valence-electron chi connectivity index (χ2n) is 9.84. The van der Waals surface area contributed by atoms with Gasteiger partial charge >= 0.3 is 5.76 Å². The molecule has 0 saturated carbocycles. The van der Waals surface area contributed by atoms with Gasteiger partial charge < -0.3 is 15.1 Å². The molecule has 1 fully saturated rings. The Morgan fingerprint density at radius 1 is 1.21 bits per heavy atom. The van der Waals surface area contributed by atoms with E-state index in [0.717, 1.165) is 19.0 Å². The Labute approximate surface area is 191 Å². The lowest BCUT2D eigenvalue weighted by atomic mass is 9.77. The lowest BCUT2D eigenvalue weighted by Gasteiger charge is -2.53. The summed E-state index contributed by atoms with van der Waals surface area (Å²) in [6, 6.07) is 5.01. The molecule has 3 aromatic rings. The predicted octanol–water partition coefficient (Wildman–Crippen LogP) is 4.30. The van der Waals surface area contributed by atoms with E-state index in [-0.39, 0.29) is 35.4 Å². The number of fused-ring (bicyclic) bond motifs is 1. The van der Waals surface area contributed by atoms with E-state index in [4.69, 9.17) is 4.42 Å². The van der Waals surface area contributed by atoms with Gasteiger partial charge in [0.2, 0.25) is 5.95 Å². The first kappa shape index (κ1) is 23.2. The van der Waals surface area contributed by atoms with E-state index in [0.29, 0.717) is 16.8 Å². The Bertz CT molecular complexity index is 1200. The number of benzene rings is 1. The van der Waals surface area contributed by atoms with Crippen LogP contribution in [0, 0.1) is 5.82 Å². The number of oxazole rings is 1. The summed E-state index contributed by atoms with van der Waals surface area (Å²) in [5.74, 6) is -0.807. The van der Waals surface area contributed by atoms with Gasteiger partial charge in [-0.25, -0.2) is 18.6 Å². The second-order valence-corrected chi connectivity index (χ2v) is 9.84. The lowest BCUT2D eigenvalue weighted by molar-refractivity contribution is -0.00778. The molecule has 0 bridgehead atoms. The Morgan fingerprint density at radius 2 is 1.91 bits per heavy atom. The molecule has 178 valence electrons. The fourth-order valence-corrected chi connectivity index (χ4v) is 4.76. The van der Waals surface area contributed by atoms with Crippen LogP contribution in [0.5, 0.6) is 0 Å². The zero-order chi connectivity index (χ0) is 24.0. The molecule has 0 aliphatic carbocycles. The molecule has 0 spiro atoms. The minimum atomic E-state index is -0.667. The first-order valence-corrected chi connectivity index (χ1v) is 11.0. The van der Waals surface area contributed by atoms with Crippen LogP contribution in [0.1, 0.15) is 40.5 Å². The fourth-order valence-electron chi connectivity index (χ4n) is 4.76. The fraction of sp³-hybridized carbons (Fsp3) is 0.522. The van der Waals surface area contributed by atoms with Crippen molar-refractivity contribution in [2.24, 2.45) is 0 Å². The topological polar surface area (TPSA) is 88.2 Å². The molecule has 33 heavy (non-hydrogen) atoms. The number of hydrogen-bond acceptors (Lipinski definition) is 7. The number of nitrogens with zero attached hydrogens (tertiary/aromatic N) is 4. The smallest absolute Gasteiger partial charge is 0.408 e. The van der Waals surface area contributed by atoms with Gasteiger partial charge in [0.15, 0.2) is 17.2 Å². The van der Waals surface area contributed by atoms with E-state index in [1.165, 1.54) is 4.57 Å². The molecule has 1 saturated heterocycles. The highest BCUT2D eigenvalue weighted by atomic mass is 19.1. The van der Waals surface area contributed by atoms with Crippen molar-refractivity contribution in [1.82, 2.24) is 19.4 Å². The molecular weight excluding hydrogens is 430 g/mol. The van der Waals surface area contributed by atoms with Crippen molar-refractivity contribution in [2.75, 3.05) is 24.4 Å². The molecule has 10 heteroatoms. The van der Waals surface area contributed by atoms with Crippen LogP contribution < -0.4 is 16.4 Å². The van der Waals surface area contributed by atoms with E-state index in [1.54, 1.807) is 18.2 Å². The number of piperidine rings is 1. The molecule has 0 amide bonds. The highest BCUT2D eigenvalue weighted by molar-refractivity contribution is 5.78. The summed E-state index contributed by atoms with van der Waals surface area (Å²) < 4.78 is 33.7. The molecule has 1 aliphatic heterocycles. The van der Waals surface area contributed by atoms with E-state index in [1.807, 2.05) is 0 Å². The van der Waals surface area contributed by atoms with Gasteiger partial charge in [0.05, 0.1) is 18.3 Å². The first-order chi connectivity index (χ1) is 15.5. The third-order valence-corrected chi connectivity index (χ3v) is 6.63. The lowest BCUT2D eigenvalue weighted by Crippen LogP contribution is -2.61. The summed E-state index contributed by atoms with van der Waals surface area (Å²) in [4.78, 5) is 22.6. The zero-order valence-electron chi connectivity index (χ0n) is 19.6. The summed E-state index contributed by atoms with van der Waals surface area (Å²) in [5, 5.41) is 6.29. The average molecular weight is 461 g/mol. The summed E-state index contributed by atoms with van der Waals surface area (Å²) in [5.41, 5.74) is 1.26. The molecule has 1 aromatic carbocycles. The minimum Gasteiger partial charge on any atom is -0.408 e. The van der Waals surface area contributed by atoms with Gasteiger partial charge in [-0.1, -0.05) is 0 Å². The van der Waals surface area contributed by atoms with Crippen LogP contribution in [0.3, 0.4) is 0 Å². The summed E-state index contributed by atoms with van der Waals surface area (Å²) >= 11 is 0. The highest BCUT2D eigenvalue weighted by Gasteiger charge is 2.43. The van der Waals surface area contributed by atoms with Crippen molar-refractivity contribution in [1.29, 1.82) is 0 Å². The number of anilines is 3. The van der Waals surface area contributed by atoms with Crippen molar-refractivity contribution >= 4 is 28.6 Å². The minimum absolute atomic E-state index is 0.0457. The molecule has 8 nitrogen and oxygen atoms in total. The number of rotatable bonds is 6. The Morgan fingerprint density at radius 3 is 2.58 bits per heavy atom. The van der Waals surface area contributed by atoms with Crippen LogP contribution in [0.4, 0.5) is 26.2 Å². The maximum absolute atomic E-state index is 14.5. The van der Waals surface area contributed by atoms with Crippen molar-refractivity contribution in [3.63, 3.8) is 0 Å². The molecule has 0 radical (unpaired) electrons. The Kier molecular flexibility index (Phi) is 5.90. The largest absolute Gasteiger partial charge is 0.420 e. The molecule has 1 aliphatic rings. The van der Waals surface area contributed by atoms with E-state index in [9.17, 15) is 13.6 Å². The van der Waals surface area contributed by atoms with Gasteiger partial charge in [0.25, 0.3) is 0 Å². The van der Waals surface area contributed by atoms with Gasteiger partial charge in [-0.3, -0.25) is 9.47 Å². The number of aromatic nitrogens is 3. The molecule has 2 N–H and O–H groups in total. The molecular formula is C23H30F2N6O2. The number of alkyl halides is 1. The van der Waals surface area contributed by atoms with E-state index < -0.39 is 18.2 Å². The van der Waals surface area contributed by atoms with Crippen molar-refractivity contribution in [3.8, 4) is 0 Å². The molecule has 0 unspecified atom stereocenters. The summed E-state index contributed by atoms with van der Waals surface area (Å²) in [6.45, 7) is 7.99. The number of halogens is 2. The van der Waals surface area contributed by atoms with Crippen LogP contribution in [0.15, 0.2) is 33.6 Å². The normalized spacial score (nSPS) is 18.5. The molecule has 2 aromatic heterocycles. The van der Waals surface area contributed by atoms with Crippen LogP contribution in [0.25, 0.3) is 11.1 Å². The van der Waals surface area contributed by atoms with Gasteiger partial charge in [-0.2, -0.15) is 4.98 Å². The van der Waals surface area contributed by atoms with Gasteiger partial charge in [0.1, 0.15) is 6.67 Å². The number of likely N-dealkylation sites (tertiary alicyclic amines) is 1. The van der Waals surface area contributed by atoms with Crippen LogP contribution in [-0.2, 0) is 6.54 Å². The number of hydrogen-bond donors (Lipinski definition) is 2. The van der Waals surface area contributed by atoms with Crippen molar-refractivity contribution < 1.29 is 13.2 Å². The number of nitrogens with one attached hydrogen (secondary N) is 2. The third-order valence-electron chi connectivity index (χ3n) is 6.63. The maximum Gasteiger partial charge on any atom is 0.420 e. The standard InChI is InChI=1S/C23H30F2N6O2/c1-22(2)11-15(12-23(3,4)30(22)5)27-19-16(25)13-26-20(29-19)28-14-6-7-17-18(10-14)33-21(32)31(17)9-8-24/h6-7,10,13,15H,8-9,11-12H2,1-5H3,(H2,26,27,28,29). The van der Waals surface area contributed by atoms with E-state index >= 15 is 0 Å². The molecule has 3 heterocycles. The van der Waals surface area contributed by atoms with Gasteiger partial charge in [-0.15, -0.1) is 0 Å². The third kappa shape index (κ3) is 4.57. The molecule has 4 rings (SSSR count). The van der Waals surface area contributed by atoms with Crippen molar-refractivity contribution in [3.05, 3.63) is 40.8 Å². The number of aryl methyl sites for hydroxylation is 1. The monoisotopic (exact) mass is 460 g/mol. The van der Waals surface area contributed by atoms with Crippen LogP contribution in [-0.4, -0.2) is 50.3 Å². The highest BCUT2D eigenvalue weighted by Crippen LogP contribution is 2.38. The Balaban J connectivity index is 1.55. The maximum atomic E-state index is 14.5. The van der Waals surface area contributed by atoms with Gasteiger partial charge in [-0.05, 0) is 59.7 Å². The quantitative estimate of drug-likeness (QED) is 0.567. The van der Waals surface area contributed by atoms with Crippen molar-refractivity contribution in [2.45, 2.75) is 64.2 Å². The predicted molar refractivity (Wildman–Crippen MR) is 124 cm³/mol. The Hall–Kier alpha value is -3.01. The second kappa shape index (κ2) is 8.40. The zero-order valence-corrected chi connectivity index (χ0v) is 19.6. The SMILES string of the molecule is CN1C(C)(C)CC(Nc2nc(Nc3ccc4c(c3)oc(=O)n4CCF)ncc2F)CC1(C)C.